The maximum atomic E-state index is 13.1. The molecule has 0 bridgehead atoms. The first kappa shape index (κ1) is 20.0. The van der Waals surface area contributed by atoms with E-state index in [1.807, 2.05) is 60.4 Å². The molecule has 1 aliphatic heterocycles. The Morgan fingerprint density at radius 2 is 1.90 bits per heavy atom. The van der Waals surface area contributed by atoms with Crippen LogP contribution in [-0.4, -0.2) is 52.5 Å². The summed E-state index contributed by atoms with van der Waals surface area (Å²) in [4.78, 5) is 21.7. The molecule has 0 aliphatic carbocycles. The summed E-state index contributed by atoms with van der Waals surface area (Å²) in [6.07, 6.45) is 1.19. The van der Waals surface area contributed by atoms with E-state index in [2.05, 4.69) is 35.5 Å². The number of nitrogens with zero attached hydrogens (tertiary/aromatic N) is 3. The van der Waals surface area contributed by atoms with Crippen LogP contribution < -0.4 is 4.74 Å². The molecule has 30 heavy (non-hydrogen) atoms. The molecule has 2 atom stereocenters. The molecule has 3 aromatic rings. The van der Waals surface area contributed by atoms with Crippen LogP contribution in [-0.2, 0) is 4.79 Å². The number of amides is 1. The van der Waals surface area contributed by atoms with E-state index in [1.165, 1.54) is 0 Å². The van der Waals surface area contributed by atoms with E-state index in [0.29, 0.717) is 12.3 Å². The number of benzene rings is 2. The molecule has 4 rings (SSSR count). The number of aromatic nitrogens is 1. The predicted molar refractivity (Wildman–Crippen MR) is 120 cm³/mol. The SMILES string of the molecule is C=C(c1ccccc1)N1CCN(C(=O)C(C)Oc2cccc3ncccc23)C(C)C1. The number of ether oxygens (including phenoxy) is 1. The van der Waals surface area contributed by atoms with Crippen LogP contribution in [0.15, 0.2) is 73.4 Å². The van der Waals surface area contributed by atoms with Crippen LogP contribution in [0.1, 0.15) is 19.4 Å². The van der Waals surface area contributed by atoms with E-state index >= 15 is 0 Å². The van der Waals surface area contributed by atoms with Crippen molar-refractivity contribution in [3.8, 4) is 5.75 Å². The number of hydrogen-bond donors (Lipinski definition) is 0. The summed E-state index contributed by atoms with van der Waals surface area (Å²) in [6, 6.07) is 19.8. The molecule has 1 saturated heterocycles. The molecule has 0 saturated carbocycles. The third-order valence-electron chi connectivity index (χ3n) is 5.66. The summed E-state index contributed by atoms with van der Waals surface area (Å²) >= 11 is 0. The zero-order valence-electron chi connectivity index (χ0n) is 17.5. The first-order valence-electron chi connectivity index (χ1n) is 10.3. The van der Waals surface area contributed by atoms with Gasteiger partial charge in [0.1, 0.15) is 5.75 Å². The molecule has 0 N–H and O–H groups in total. The van der Waals surface area contributed by atoms with Crippen LogP contribution in [0.4, 0.5) is 0 Å². The Morgan fingerprint density at radius 1 is 1.10 bits per heavy atom. The van der Waals surface area contributed by atoms with E-state index < -0.39 is 6.10 Å². The summed E-state index contributed by atoms with van der Waals surface area (Å²) in [7, 11) is 0. The third-order valence-corrected chi connectivity index (χ3v) is 5.66. The van der Waals surface area contributed by atoms with Crippen molar-refractivity contribution in [3.05, 3.63) is 79.0 Å². The van der Waals surface area contributed by atoms with Crippen molar-refractivity contribution in [2.24, 2.45) is 0 Å². The van der Waals surface area contributed by atoms with Gasteiger partial charge in [0.05, 0.1) is 5.52 Å². The van der Waals surface area contributed by atoms with Gasteiger partial charge in [-0.05, 0) is 43.7 Å². The summed E-state index contributed by atoms with van der Waals surface area (Å²) in [6.45, 7) is 10.3. The highest BCUT2D eigenvalue weighted by atomic mass is 16.5. The van der Waals surface area contributed by atoms with Gasteiger partial charge in [0.15, 0.2) is 6.10 Å². The number of fused-ring (bicyclic) bond motifs is 1. The highest BCUT2D eigenvalue weighted by Crippen LogP contribution is 2.26. The standard InChI is InChI=1S/C25H27N3O2/c1-18-17-27(19(2)21-9-5-4-6-10-21)15-16-28(18)25(29)20(3)30-24-13-7-12-23-22(24)11-8-14-26-23/h4-14,18,20H,2,15-17H2,1,3H3. The van der Waals surface area contributed by atoms with Crippen molar-refractivity contribution >= 4 is 22.5 Å². The number of hydrogen-bond acceptors (Lipinski definition) is 4. The molecule has 5 nitrogen and oxygen atoms in total. The Labute approximate surface area is 177 Å². The molecular formula is C25H27N3O2. The summed E-state index contributed by atoms with van der Waals surface area (Å²) < 4.78 is 6.07. The van der Waals surface area contributed by atoms with Crippen LogP contribution >= 0.6 is 0 Å². The van der Waals surface area contributed by atoms with Crippen LogP contribution in [0.3, 0.4) is 0 Å². The molecule has 2 unspecified atom stereocenters. The van der Waals surface area contributed by atoms with Gasteiger partial charge < -0.3 is 14.5 Å². The van der Waals surface area contributed by atoms with Gasteiger partial charge in [0.25, 0.3) is 5.91 Å². The first-order valence-corrected chi connectivity index (χ1v) is 10.3. The molecule has 0 radical (unpaired) electrons. The molecule has 2 heterocycles. The summed E-state index contributed by atoms with van der Waals surface area (Å²) in [5, 5.41) is 0.914. The number of piperazine rings is 1. The second kappa shape index (κ2) is 8.57. The lowest BCUT2D eigenvalue weighted by Crippen LogP contribution is -2.55. The zero-order chi connectivity index (χ0) is 21.1. The van der Waals surface area contributed by atoms with Gasteiger partial charge in [0.2, 0.25) is 0 Å². The van der Waals surface area contributed by atoms with E-state index in [0.717, 1.165) is 35.3 Å². The van der Waals surface area contributed by atoms with E-state index in [-0.39, 0.29) is 11.9 Å². The molecule has 0 spiro atoms. The second-order valence-corrected chi connectivity index (χ2v) is 7.73. The second-order valence-electron chi connectivity index (χ2n) is 7.73. The zero-order valence-corrected chi connectivity index (χ0v) is 17.5. The van der Waals surface area contributed by atoms with Crippen LogP contribution in [0.25, 0.3) is 16.6 Å². The molecular weight excluding hydrogens is 374 g/mol. The van der Waals surface area contributed by atoms with Crippen molar-refractivity contribution in [1.82, 2.24) is 14.8 Å². The van der Waals surface area contributed by atoms with Gasteiger partial charge in [-0.3, -0.25) is 9.78 Å². The van der Waals surface area contributed by atoms with Crippen molar-refractivity contribution in [2.75, 3.05) is 19.6 Å². The topological polar surface area (TPSA) is 45.7 Å². The van der Waals surface area contributed by atoms with Gasteiger partial charge in [-0.15, -0.1) is 0 Å². The lowest BCUT2D eigenvalue weighted by Gasteiger charge is -2.42. The number of pyridine rings is 1. The van der Waals surface area contributed by atoms with E-state index in [4.69, 9.17) is 4.74 Å². The highest BCUT2D eigenvalue weighted by Gasteiger charge is 2.31. The first-order chi connectivity index (χ1) is 14.5. The smallest absolute Gasteiger partial charge is 0.263 e. The van der Waals surface area contributed by atoms with Crippen molar-refractivity contribution in [3.63, 3.8) is 0 Å². The third kappa shape index (κ3) is 4.01. The lowest BCUT2D eigenvalue weighted by molar-refractivity contribution is -0.141. The predicted octanol–water partition coefficient (Wildman–Crippen LogP) is 4.21. The minimum absolute atomic E-state index is 0.00775. The minimum Gasteiger partial charge on any atom is -0.480 e. The fourth-order valence-electron chi connectivity index (χ4n) is 4.00. The Kier molecular flexibility index (Phi) is 5.70. The van der Waals surface area contributed by atoms with Crippen molar-refractivity contribution in [2.45, 2.75) is 26.0 Å². The quantitative estimate of drug-likeness (QED) is 0.643. The monoisotopic (exact) mass is 401 g/mol. The Balaban J connectivity index is 1.42. The summed E-state index contributed by atoms with van der Waals surface area (Å²) in [5.74, 6) is 0.693. The molecule has 1 fully saturated rings. The molecule has 2 aromatic carbocycles. The van der Waals surface area contributed by atoms with Gasteiger partial charge in [-0.1, -0.05) is 43.0 Å². The molecule has 1 aromatic heterocycles. The molecule has 1 aliphatic rings. The van der Waals surface area contributed by atoms with Crippen LogP contribution in [0.2, 0.25) is 0 Å². The average molecular weight is 402 g/mol. The van der Waals surface area contributed by atoms with Crippen molar-refractivity contribution in [1.29, 1.82) is 0 Å². The van der Waals surface area contributed by atoms with E-state index in [1.54, 1.807) is 6.20 Å². The van der Waals surface area contributed by atoms with Crippen LogP contribution in [0, 0.1) is 0 Å². The van der Waals surface area contributed by atoms with Gasteiger partial charge in [0, 0.05) is 43.0 Å². The maximum absolute atomic E-state index is 13.1. The molecule has 154 valence electrons. The largest absolute Gasteiger partial charge is 0.480 e. The average Bonchev–Trinajstić information content (AvgIpc) is 2.79. The van der Waals surface area contributed by atoms with Crippen molar-refractivity contribution < 1.29 is 9.53 Å². The Hall–Kier alpha value is -3.34. The van der Waals surface area contributed by atoms with E-state index in [9.17, 15) is 4.79 Å². The molecule has 5 heteroatoms. The number of carbonyl (C=O) groups is 1. The molecule has 1 amide bonds. The number of carbonyl (C=O) groups excluding carboxylic acids is 1. The fourth-order valence-corrected chi connectivity index (χ4v) is 4.00. The fraction of sp³-hybridized carbons (Fsp3) is 0.280. The lowest BCUT2D eigenvalue weighted by atomic mass is 10.1. The Bertz CT molecular complexity index is 1050. The Morgan fingerprint density at radius 3 is 2.67 bits per heavy atom. The number of rotatable bonds is 5. The normalized spacial score (nSPS) is 17.6. The van der Waals surface area contributed by atoms with Gasteiger partial charge >= 0.3 is 0 Å². The highest BCUT2D eigenvalue weighted by molar-refractivity contribution is 5.86. The van der Waals surface area contributed by atoms with Gasteiger partial charge in [-0.25, -0.2) is 0 Å². The maximum Gasteiger partial charge on any atom is 0.263 e. The van der Waals surface area contributed by atoms with Crippen LogP contribution in [0.5, 0.6) is 5.75 Å². The summed E-state index contributed by atoms with van der Waals surface area (Å²) in [5.41, 5.74) is 2.98. The van der Waals surface area contributed by atoms with Gasteiger partial charge in [-0.2, -0.15) is 0 Å². The minimum atomic E-state index is -0.567.